The van der Waals surface area contributed by atoms with Crippen LogP contribution in [0.4, 0.5) is 0 Å². The Morgan fingerprint density at radius 3 is 1.54 bits per heavy atom. The first-order valence-electron chi connectivity index (χ1n) is 20.7. The maximum absolute atomic E-state index is 12.9. The number of unbranched alkanes of at least 4 members (excludes halogenated alkanes) is 25. The molecule has 1 unspecified atom stereocenters. The van der Waals surface area contributed by atoms with E-state index in [4.69, 9.17) is 0 Å². The summed E-state index contributed by atoms with van der Waals surface area (Å²) in [6.07, 6.45) is 41.2. The van der Waals surface area contributed by atoms with Crippen molar-refractivity contribution in [3.63, 3.8) is 0 Å². The third-order valence-corrected chi connectivity index (χ3v) is 10.3. The van der Waals surface area contributed by atoms with Gasteiger partial charge in [0.1, 0.15) is 17.5 Å². The maximum atomic E-state index is 12.9. The molecule has 7 nitrogen and oxygen atoms in total. The fourth-order valence-corrected chi connectivity index (χ4v) is 7.27. The summed E-state index contributed by atoms with van der Waals surface area (Å²) in [6, 6.07) is 0. The Kier molecular flexibility index (Phi) is 21.4. The van der Waals surface area contributed by atoms with Gasteiger partial charge in [-0.15, -0.1) is 0 Å². The Hall–Kier alpha value is -2.31. The molecule has 0 fully saturated rings. The predicted molar refractivity (Wildman–Crippen MR) is 204 cm³/mol. The largest absolute Gasteiger partial charge is 0.350 e. The molecule has 0 aromatic carbocycles. The average molecular weight is 665 g/mol. The number of hydrogen-bond donors (Lipinski definition) is 0. The Morgan fingerprint density at radius 1 is 0.583 bits per heavy atom. The van der Waals surface area contributed by atoms with Crippen LogP contribution in [0.2, 0.25) is 0 Å². The fraction of sp³-hybridized carbons (Fsp3) is 0.829. The summed E-state index contributed by atoms with van der Waals surface area (Å²) in [7, 11) is 0. The Bertz CT molecular complexity index is 1240. The van der Waals surface area contributed by atoms with Gasteiger partial charge >= 0.3 is 5.69 Å². The van der Waals surface area contributed by atoms with Crippen molar-refractivity contribution in [3.05, 3.63) is 23.1 Å². The zero-order valence-electron chi connectivity index (χ0n) is 31.5. The molecule has 0 radical (unpaired) electrons. The van der Waals surface area contributed by atoms with E-state index in [0.717, 1.165) is 25.0 Å². The van der Waals surface area contributed by atoms with Gasteiger partial charge in [0.2, 0.25) is 0 Å². The number of aromatic nitrogens is 6. The normalized spacial score (nSPS) is 12.5. The molecule has 0 amide bonds. The van der Waals surface area contributed by atoms with E-state index in [1.54, 1.807) is 10.9 Å². The standard InChI is InChI=1S/C41H72N6O/c1-4-6-8-10-12-14-15-16-17-18-19-20-21-22-24-26-28-30-32-47-40-38(45-41(47)48)37-39(42-34-43-40)46(35-44-37)33-36(3)31-29-27-25-23-13-11-9-7-5-2/h34-36H,4-33H2,1-3H3. The van der Waals surface area contributed by atoms with Crippen molar-refractivity contribution in [3.8, 4) is 11.5 Å². The summed E-state index contributed by atoms with van der Waals surface area (Å²) in [4.78, 5) is 31.2. The van der Waals surface area contributed by atoms with Crippen LogP contribution in [0.1, 0.15) is 201 Å². The van der Waals surface area contributed by atoms with Crippen molar-refractivity contribution in [1.29, 1.82) is 0 Å². The van der Waals surface area contributed by atoms with Crippen molar-refractivity contribution in [2.45, 2.75) is 214 Å². The first-order valence-corrected chi connectivity index (χ1v) is 20.7. The van der Waals surface area contributed by atoms with Gasteiger partial charge < -0.3 is 4.57 Å². The highest BCUT2D eigenvalue weighted by atomic mass is 16.1. The molecule has 2 aliphatic rings. The first-order chi connectivity index (χ1) is 23.7. The summed E-state index contributed by atoms with van der Waals surface area (Å²) >= 11 is 0. The lowest BCUT2D eigenvalue weighted by Gasteiger charge is -2.12. The van der Waals surface area contributed by atoms with Gasteiger partial charge in [-0.2, -0.15) is 4.98 Å². The molecule has 1 aromatic heterocycles. The van der Waals surface area contributed by atoms with Crippen LogP contribution in [0.15, 0.2) is 17.4 Å². The van der Waals surface area contributed by atoms with E-state index in [-0.39, 0.29) is 5.69 Å². The molecule has 48 heavy (non-hydrogen) atoms. The highest BCUT2D eigenvalue weighted by molar-refractivity contribution is 5.85. The van der Waals surface area contributed by atoms with Crippen molar-refractivity contribution in [2.75, 3.05) is 0 Å². The zero-order chi connectivity index (χ0) is 34.1. The quantitative estimate of drug-likeness (QED) is 0.0640. The van der Waals surface area contributed by atoms with E-state index < -0.39 is 0 Å². The van der Waals surface area contributed by atoms with Crippen LogP contribution in [-0.4, -0.2) is 29.1 Å². The fourth-order valence-electron chi connectivity index (χ4n) is 7.27. The van der Waals surface area contributed by atoms with E-state index >= 15 is 0 Å². The summed E-state index contributed by atoms with van der Waals surface area (Å²) in [5.41, 5.74) is 1.83. The number of nitrogens with zero attached hydrogens (tertiary/aromatic N) is 6. The molecular formula is C41H72N6O. The minimum absolute atomic E-state index is 0.217. The number of fused-ring (bicyclic) bond motifs is 3. The number of hydrogen-bond acceptors (Lipinski definition) is 5. The van der Waals surface area contributed by atoms with Crippen molar-refractivity contribution < 1.29 is 0 Å². The maximum Gasteiger partial charge on any atom is 0.350 e. The molecular weight excluding hydrogens is 592 g/mol. The summed E-state index contributed by atoms with van der Waals surface area (Å²) in [5, 5.41) is 0. The number of rotatable bonds is 31. The van der Waals surface area contributed by atoms with Crippen LogP contribution in [0.3, 0.4) is 0 Å². The molecule has 2 aliphatic heterocycles. The van der Waals surface area contributed by atoms with E-state index in [2.05, 4.69) is 45.3 Å². The first kappa shape index (κ1) is 40.1. The van der Waals surface area contributed by atoms with E-state index in [1.807, 2.05) is 6.33 Å². The molecule has 0 spiro atoms. The van der Waals surface area contributed by atoms with Gasteiger partial charge in [0, 0.05) is 13.1 Å². The van der Waals surface area contributed by atoms with Crippen molar-refractivity contribution in [1.82, 2.24) is 29.1 Å². The molecule has 7 heteroatoms. The second-order valence-corrected chi connectivity index (χ2v) is 14.9. The monoisotopic (exact) mass is 665 g/mol. The second-order valence-electron chi connectivity index (χ2n) is 14.9. The molecule has 3 heterocycles. The predicted octanol–water partition coefficient (Wildman–Crippen LogP) is 12.1. The van der Waals surface area contributed by atoms with Gasteiger partial charge in [-0.05, 0) is 18.8 Å². The Labute approximate surface area is 293 Å². The molecule has 1 aromatic rings. The smallest absolute Gasteiger partial charge is 0.315 e. The zero-order valence-corrected chi connectivity index (χ0v) is 31.5. The molecule has 0 N–H and O–H groups in total. The highest BCUT2D eigenvalue weighted by Crippen LogP contribution is 2.24. The Morgan fingerprint density at radius 2 is 1.04 bits per heavy atom. The number of imidazole rings is 2. The van der Waals surface area contributed by atoms with Crippen LogP contribution >= 0.6 is 0 Å². The van der Waals surface area contributed by atoms with Crippen LogP contribution in [0, 0.1) is 5.92 Å². The Balaban J connectivity index is 1.28. The van der Waals surface area contributed by atoms with E-state index in [1.165, 1.54) is 167 Å². The third kappa shape index (κ3) is 15.5. The van der Waals surface area contributed by atoms with Crippen LogP contribution < -0.4 is 5.69 Å². The summed E-state index contributed by atoms with van der Waals surface area (Å²) < 4.78 is 3.85. The molecule has 0 aliphatic carbocycles. The summed E-state index contributed by atoms with van der Waals surface area (Å²) in [6.45, 7) is 8.41. The van der Waals surface area contributed by atoms with Gasteiger partial charge in [0.15, 0.2) is 11.5 Å². The molecule has 0 bridgehead atoms. The van der Waals surface area contributed by atoms with Gasteiger partial charge in [0.25, 0.3) is 0 Å². The highest BCUT2D eigenvalue weighted by Gasteiger charge is 2.21. The minimum atomic E-state index is -0.217. The van der Waals surface area contributed by atoms with E-state index in [0.29, 0.717) is 29.5 Å². The molecule has 0 saturated heterocycles. The topological polar surface area (TPSA) is 78.5 Å². The van der Waals surface area contributed by atoms with E-state index in [9.17, 15) is 4.79 Å². The van der Waals surface area contributed by atoms with Crippen LogP contribution in [-0.2, 0) is 13.1 Å². The molecule has 0 saturated carbocycles. The lowest BCUT2D eigenvalue weighted by atomic mass is 10.0. The molecule has 3 rings (SSSR count). The average Bonchev–Trinajstić information content (AvgIpc) is 3.56. The van der Waals surface area contributed by atoms with Gasteiger partial charge in [0.05, 0.1) is 6.33 Å². The molecule has 272 valence electrons. The molecule has 1 atom stereocenters. The van der Waals surface area contributed by atoms with Gasteiger partial charge in [-0.3, -0.25) is 4.57 Å². The van der Waals surface area contributed by atoms with Crippen LogP contribution in [0.5, 0.6) is 0 Å². The van der Waals surface area contributed by atoms with Crippen molar-refractivity contribution >= 4 is 11.2 Å². The van der Waals surface area contributed by atoms with Gasteiger partial charge in [-0.1, -0.05) is 188 Å². The second kappa shape index (κ2) is 25.6. The SMILES string of the molecule is CCCCCCCCCCCCCCCCCCCCn1c2ncnc3c(ncn3CC(C)CCCCCCCCCCC)c-2nc1=O. The lowest BCUT2D eigenvalue weighted by Crippen LogP contribution is -2.17. The van der Waals surface area contributed by atoms with Crippen LogP contribution in [0.25, 0.3) is 22.7 Å². The minimum Gasteiger partial charge on any atom is -0.315 e. The third-order valence-electron chi connectivity index (χ3n) is 10.3. The summed E-state index contributed by atoms with van der Waals surface area (Å²) in [5.74, 6) is 1.15. The van der Waals surface area contributed by atoms with Crippen molar-refractivity contribution in [2.24, 2.45) is 5.92 Å². The van der Waals surface area contributed by atoms with Gasteiger partial charge in [-0.25, -0.2) is 19.7 Å². The lowest BCUT2D eigenvalue weighted by molar-refractivity contribution is 0.428.